The van der Waals surface area contributed by atoms with Crippen molar-refractivity contribution in [3.8, 4) is 0 Å². The van der Waals surface area contributed by atoms with E-state index in [1.54, 1.807) is 20.3 Å². The molecule has 0 aliphatic carbocycles. The van der Waals surface area contributed by atoms with Crippen LogP contribution in [0, 0.1) is 4.51 Å². The van der Waals surface area contributed by atoms with Crippen molar-refractivity contribution in [2.24, 2.45) is 4.40 Å². The lowest BCUT2D eigenvalue weighted by Gasteiger charge is -2.09. The van der Waals surface area contributed by atoms with Crippen molar-refractivity contribution >= 4 is 28.2 Å². The Hall–Kier alpha value is -1.49. The van der Waals surface area contributed by atoms with Crippen molar-refractivity contribution in [2.45, 2.75) is 4.90 Å². The van der Waals surface area contributed by atoms with Gasteiger partial charge in [-0.2, -0.15) is 8.42 Å². The molecule has 1 heterocycles. The number of sulfonamides is 1. The summed E-state index contributed by atoms with van der Waals surface area (Å²) >= 11 is 4.94. The largest absolute Gasteiger partial charge is 0.366 e. The fourth-order valence-corrected chi connectivity index (χ4v) is 2.50. The molecule has 0 radical (unpaired) electrons. The summed E-state index contributed by atoms with van der Waals surface area (Å²) in [7, 11) is -0.732. The molecule has 0 spiro atoms. The fourth-order valence-electron chi connectivity index (χ4n) is 1.09. The van der Waals surface area contributed by atoms with Gasteiger partial charge in [0.2, 0.25) is 5.96 Å². The summed E-state index contributed by atoms with van der Waals surface area (Å²) in [5.74, 6) is -0.00162. The maximum atomic E-state index is 12.0. The molecule has 10 heteroatoms. The van der Waals surface area contributed by atoms with E-state index >= 15 is 0 Å². The van der Waals surface area contributed by atoms with Gasteiger partial charge in [-0.3, -0.25) is 10.9 Å². The molecule has 0 aliphatic rings. The minimum absolute atomic E-state index is 0.00162. The zero-order chi connectivity index (χ0) is 13.6. The maximum Gasteiger partial charge on any atom is 0.288 e. The molecule has 0 fully saturated rings. The Bertz CT molecular complexity index is 571. The first-order chi connectivity index (χ1) is 8.51. The highest BCUT2D eigenvalue weighted by Gasteiger charge is 2.16. The lowest BCUT2D eigenvalue weighted by Crippen LogP contribution is -2.48. The number of guanidine groups is 1. The van der Waals surface area contributed by atoms with Crippen LogP contribution >= 0.6 is 12.2 Å². The number of rotatable bonds is 4. The minimum atomic E-state index is -3.89. The highest BCUT2D eigenvalue weighted by molar-refractivity contribution is 7.90. The predicted molar refractivity (Wildman–Crippen MR) is 70.6 cm³/mol. The second-order valence-corrected chi connectivity index (χ2v) is 5.05. The van der Waals surface area contributed by atoms with Crippen LogP contribution in [0.15, 0.2) is 27.8 Å². The predicted octanol–water partition coefficient (Wildman–Crippen LogP) is -0.763. The van der Waals surface area contributed by atoms with E-state index in [1.165, 1.54) is 12.3 Å². The number of aromatic nitrogens is 1. The first kappa shape index (κ1) is 14.6. The summed E-state index contributed by atoms with van der Waals surface area (Å²) in [5.41, 5.74) is 10.2. The molecular weight excluding hydrogens is 276 g/mol. The molecule has 0 saturated heterocycles. The Balaban J connectivity index is 3.18. The number of aromatic amines is 1. The van der Waals surface area contributed by atoms with E-state index in [9.17, 15) is 8.42 Å². The van der Waals surface area contributed by atoms with Crippen molar-refractivity contribution < 1.29 is 8.42 Å². The molecule has 0 aliphatic heterocycles. The Kier molecular flexibility index (Phi) is 5.22. The van der Waals surface area contributed by atoms with Crippen LogP contribution in [0.25, 0.3) is 0 Å². The first-order valence-corrected chi connectivity index (χ1v) is 6.73. The lowest BCUT2D eigenvalue weighted by atomic mass is 10.5. The fraction of sp³-hybridized carbons (Fsp3) is 0.250. The Morgan fingerprint density at radius 2 is 1.94 bits per heavy atom. The molecule has 0 atom stereocenters. The van der Waals surface area contributed by atoms with Crippen LogP contribution in [0.2, 0.25) is 0 Å². The molecule has 18 heavy (non-hydrogen) atoms. The number of pyridine rings is 1. The molecular formula is C8H14N6O2S2. The number of nitrogens with zero attached hydrogens (tertiary/aromatic N) is 1. The normalized spacial score (nSPS) is 10.8. The van der Waals surface area contributed by atoms with Crippen LogP contribution in [0.4, 0.5) is 0 Å². The Labute approximate surface area is 110 Å². The first-order valence-electron chi connectivity index (χ1n) is 4.89. The highest BCUT2D eigenvalue weighted by Crippen LogP contribution is 2.12. The third-order valence-electron chi connectivity index (χ3n) is 1.76. The molecule has 0 amide bonds. The molecule has 100 valence electrons. The quantitative estimate of drug-likeness (QED) is 0.214. The molecule has 0 saturated carbocycles. The van der Waals surface area contributed by atoms with Gasteiger partial charge in [0.1, 0.15) is 4.90 Å². The van der Waals surface area contributed by atoms with Gasteiger partial charge in [0.25, 0.3) is 10.0 Å². The highest BCUT2D eigenvalue weighted by atomic mass is 32.2. The van der Waals surface area contributed by atoms with Gasteiger partial charge in [0, 0.05) is 26.5 Å². The number of H-pyrrole nitrogens is 1. The number of hydrogen-bond acceptors (Lipinski definition) is 5. The lowest BCUT2D eigenvalue weighted by molar-refractivity contribution is 0.595. The summed E-state index contributed by atoms with van der Waals surface area (Å²) in [6, 6.07) is 1.48. The number of hydrazine groups is 2. The van der Waals surface area contributed by atoms with E-state index in [-0.39, 0.29) is 15.4 Å². The van der Waals surface area contributed by atoms with Gasteiger partial charge >= 0.3 is 0 Å². The van der Waals surface area contributed by atoms with Crippen molar-refractivity contribution in [3.05, 3.63) is 23.0 Å². The zero-order valence-corrected chi connectivity index (χ0v) is 11.4. The summed E-state index contributed by atoms with van der Waals surface area (Å²) in [6.07, 6.45) is 2.83. The minimum Gasteiger partial charge on any atom is -0.366 e. The number of nitrogens with one attached hydrogen (secondary N) is 5. The van der Waals surface area contributed by atoms with Gasteiger partial charge in [-0.1, -0.05) is 12.2 Å². The Morgan fingerprint density at radius 3 is 2.44 bits per heavy atom. The maximum absolute atomic E-state index is 12.0. The average molecular weight is 290 g/mol. The molecule has 5 N–H and O–H groups in total. The van der Waals surface area contributed by atoms with E-state index in [4.69, 9.17) is 12.2 Å². The molecule has 1 aromatic heterocycles. The van der Waals surface area contributed by atoms with Crippen molar-refractivity contribution in [2.75, 3.05) is 14.1 Å². The Morgan fingerprint density at radius 1 is 1.33 bits per heavy atom. The van der Waals surface area contributed by atoms with Crippen LogP contribution < -0.4 is 21.7 Å². The van der Waals surface area contributed by atoms with E-state index in [0.717, 1.165) is 0 Å². The van der Waals surface area contributed by atoms with Gasteiger partial charge in [-0.05, 0) is 6.07 Å². The third-order valence-corrected chi connectivity index (χ3v) is 3.57. The van der Waals surface area contributed by atoms with Crippen molar-refractivity contribution in [1.82, 2.24) is 26.7 Å². The number of hydrogen-bond donors (Lipinski definition) is 5. The SMILES string of the molecule is CNNC(=NS(=O)(=O)c1c[nH]ccc1=S)NNC. The van der Waals surface area contributed by atoms with Gasteiger partial charge in [-0.25, -0.2) is 10.9 Å². The van der Waals surface area contributed by atoms with Crippen LogP contribution in [0.3, 0.4) is 0 Å². The third kappa shape index (κ3) is 3.77. The van der Waals surface area contributed by atoms with Crippen LogP contribution in [-0.2, 0) is 10.0 Å². The average Bonchev–Trinajstić information content (AvgIpc) is 2.29. The van der Waals surface area contributed by atoms with Gasteiger partial charge < -0.3 is 4.98 Å². The van der Waals surface area contributed by atoms with Crippen LogP contribution in [-0.4, -0.2) is 33.5 Å². The van der Waals surface area contributed by atoms with Crippen molar-refractivity contribution in [3.63, 3.8) is 0 Å². The van der Waals surface area contributed by atoms with E-state index in [0.29, 0.717) is 0 Å². The molecule has 0 aromatic carbocycles. The molecule has 0 unspecified atom stereocenters. The van der Waals surface area contributed by atoms with Gasteiger partial charge in [0.05, 0.1) is 4.51 Å². The summed E-state index contributed by atoms with van der Waals surface area (Å²) < 4.78 is 27.8. The summed E-state index contributed by atoms with van der Waals surface area (Å²) in [4.78, 5) is 2.60. The van der Waals surface area contributed by atoms with Crippen LogP contribution in [0.5, 0.6) is 0 Å². The molecule has 1 rings (SSSR count). The van der Waals surface area contributed by atoms with E-state index in [2.05, 4.69) is 31.1 Å². The van der Waals surface area contributed by atoms with Gasteiger partial charge in [0.15, 0.2) is 0 Å². The molecule has 8 nitrogen and oxygen atoms in total. The molecule has 1 aromatic rings. The zero-order valence-electron chi connectivity index (χ0n) is 9.81. The van der Waals surface area contributed by atoms with E-state index in [1.807, 2.05) is 0 Å². The monoisotopic (exact) mass is 290 g/mol. The molecule has 0 bridgehead atoms. The van der Waals surface area contributed by atoms with Crippen molar-refractivity contribution in [1.29, 1.82) is 0 Å². The summed E-state index contributed by atoms with van der Waals surface area (Å²) in [5, 5.41) is 0. The summed E-state index contributed by atoms with van der Waals surface area (Å²) in [6.45, 7) is 0. The smallest absolute Gasteiger partial charge is 0.288 e. The van der Waals surface area contributed by atoms with Crippen LogP contribution in [0.1, 0.15) is 0 Å². The van der Waals surface area contributed by atoms with E-state index < -0.39 is 10.0 Å². The second kappa shape index (κ2) is 6.44. The second-order valence-electron chi connectivity index (χ2n) is 3.04. The van der Waals surface area contributed by atoms with Gasteiger partial charge in [-0.15, -0.1) is 4.40 Å². The topological polar surface area (TPSA) is 110 Å². The standard InChI is InChI=1S/C8H14N6O2S2/c1-9-12-8(13-10-2)14-18(15,16)7-5-11-4-3-6(7)17/h3-5,9-10H,1-2H3,(H,11,17)(H2,12,13,14).